The van der Waals surface area contributed by atoms with Gasteiger partial charge in [0.1, 0.15) is 30.5 Å². The molecule has 3 aromatic carbocycles. The molecule has 0 spiro atoms. The first kappa shape index (κ1) is 40.2. The van der Waals surface area contributed by atoms with E-state index in [1.807, 2.05) is 23.1 Å². The molecule has 3 aliphatic rings. The van der Waals surface area contributed by atoms with Crippen molar-refractivity contribution in [3.05, 3.63) is 87.4 Å². The maximum Gasteiger partial charge on any atom is 0.325 e. The highest BCUT2D eigenvalue weighted by Gasteiger charge is 2.40. The van der Waals surface area contributed by atoms with Crippen molar-refractivity contribution in [3.8, 4) is 5.75 Å². The number of carbonyl (C=O) groups is 5. The molecule has 6 rings (SSSR count). The SMILES string of the molecule is C[C@@H](NC(=O)[C@@H](C)NC(=O)[C@@H](C)NC(=O)c1ccc(COc2cc(Cl)c(CN3CSC[C@H]3C(=O)N3CCN(C4CC4)c4ccccc43)cc2Cl)cc1)C(=O)O. The minimum Gasteiger partial charge on any atom is -0.487 e. The van der Waals surface area contributed by atoms with E-state index in [2.05, 4.69) is 31.8 Å². The number of ether oxygens (including phenoxy) is 1. The van der Waals surface area contributed by atoms with Gasteiger partial charge in [0.05, 0.1) is 22.4 Å². The van der Waals surface area contributed by atoms with Crippen LogP contribution in [0.2, 0.25) is 10.0 Å². The van der Waals surface area contributed by atoms with Crippen LogP contribution in [-0.4, -0.2) is 94.5 Å². The molecule has 292 valence electrons. The second-order valence-electron chi connectivity index (χ2n) is 14.0. The van der Waals surface area contributed by atoms with Gasteiger partial charge in [-0.3, -0.25) is 28.9 Å². The number of nitrogens with zero attached hydrogens (tertiary/aromatic N) is 3. The highest BCUT2D eigenvalue weighted by atomic mass is 35.5. The largest absolute Gasteiger partial charge is 0.487 e. The number of anilines is 2. The number of thioether (sulfide) groups is 1. The summed E-state index contributed by atoms with van der Waals surface area (Å²) in [5.74, 6) is -1.10. The fraction of sp³-hybridized carbons (Fsp3) is 0.410. The van der Waals surface area contributed by atoms with E-state index in [0.29, 0.717) is 52.1 Å². The maximum absolute atomic E-state index is 14.0. The van der Waals surface area contributed by atoms with Gasteiger partial charge in [-0.15, -0.1) is 11.8 Å². The van der Waals surface area contributed by atoms with Crippen LogP contribution >= 0.6 is 35.0 Å². The zero-order chi connectivity index (χ0) is 39.4. The smallest absolute Gasteiger partial charge is 0.325 e. The Morgan fingerprint density at radius 1 is 0.855 bits per heavy atom. The Bertz CT molecular complexity index is 1950. The zero-order valence-electron chi connectivity index (χ0n) is 30.7. The second kappa shape index (κ2) is 17.5. The summed E-state index contributed by atoms with van der Waals surface area (Å²) in [6.45, 7) is 6.29. The van der Waals surface area contributed by atoms with E-state index >= 15 is 0 Å². The molecule has 4 amide bonds. The van der Waals surface area contributed by atoms with Crippen LogP contribution in [0, 0.1) is 0 Å². The maximum atomic E-state index is 14.0. The summed E-state index contributed by atoms with van der Waals surface area (Å²) in [6, 6.07) is 15.4. The molecule has 4 N–H and O–H groups in total. The van der Waals surface area contributed by atoms with Crippen LogP contribution in [0.3, 0.4) is 0 Å². The number of carboxylic acids is 1. The number of halogens is 2. The summed E-state index contributed by atoms with van der Waals surface area (Å²) in [7, 11) is 0. The number of nitrogens with one attached hydrogen (secondary N) is 3. The number of rotatable bonds is 14. The highest BCUT2D eigenvalue weighted by molar-refractivity contribution is 7.99. The fourth-order valence-electron chi connectivity index (χ4n) is 6.50. The fourth-order valence-corrected chi connectivity index (χ4v) is 8.14. The molecule has 2 fully saturated rings. The van der Waals surface area contributed by atoms with Crippen LogP contribution < -0.4 is 30.5 Å². The molecule has 1 saturated carbocycles. The number of fused-ring (bicyclic) bond motifs is 1. The summed E-state index contributed by atoms with van der Waals surface area (Å²) in [4.78, 5) is 69.1. The molecule has 0 radical (unpaired) electrons. The number of amides is 4. The normalized spacial score (nSPS) is 18.5. The van der Waals surface area contributed by atoms with Gasteiger partial charge in [-0.2, -0.15) is 0 Å². The summed E-state index contributed by atoms with van der Waals surface area (Å²) >= 11 is 15.2. The molecule has 3 aromatic rings. The molecular formula is C39H44Cl2N6O7S. The van der Waals surface area contributed by atoms with E-state index in [4.69, 9.17) is 33.0 Å². The number of carboxylic acid groups (broad SMARTS) is 1. The molecule has 0 aromatic heterocycles. The average molecular weight is 812 g/mol. The lowest BCUT2D eigenvalue weighted by Crippen LogP contribution is -2.53. The quantitative estimate of drug-likeness (QED) is 0.180. The van der Waals surface area contributed by atoms with Gasteiger partial charge in [0.2, 0.25) is 17.7 Å². The van der Waals surface area contributed by atoms with Gasteiger partial charge < -0.3 is 35.6 Å². The lowest BCUT2D eigenvalue weighted by Gasteiger charge is -2.39. The minimum atomic E-state index is -1.20. The summed E-state index contributed by atoms with van der Waals surface area (Å²) < 4.78 is 6.00. The molecule has 2 heterocycles. The van der Waals surface area contributed by atoms with E-state index in [1.54, 1.807) is 48.2 Å². The lowest BCUT2D eigenvalue weighted by molar-refractivity contribution is -0.141. The Labute approximate surface area is 334 Å². The van der Waals surface area contributed by atoms with Gasteiger partial charge in [-0.05, 0) is 75.1 Å². The van der Waals surface area contributed by atoms with Crippen LogP contribution in [0.5, 0.6) is 5.75 Å². The van der Waals surface area contributed by atoms with Crippen LogP contribution in [0.1, 0.15) is 55.1 Å². The van der Waals surface area contributed by atoms with Crippen molar-refractivity contribution in [2.75, 3.05) is 34.5 Å². The Morgan fingerprint density at radius 2 is 1.51 bits per heavy atom. The van der Waals surface area contributed by atoms with Gasteiger partial charge >= 0.3 is 5.97 Å². The number of benzene rings is 3. The second-order valence-corrected chi connectivity index (χ2v) is 15.8. The number of aliphatic carboxylic acids is 1. The van der Waals surface area contributed by atoms with Crippen LogP contribution in [0.15, 0.2) is 60.7 Å². The third-order valence-corrected chi connectivity index (χ3v) is 11.6. The van der Waals surface area contributed by atoms with E-state index in [1.165, 1.54) is 33.6 Å². The first-order chi connectivity index (χ1) is 26.3. The van der Waals surface area contributed by atoms with Crippen molar-refractivity contribution in [2.45, 2.75) is 77.0 Å². The Hall–Kier alpha value is -4.50. The van der Waals surface area contributed by atoms with Crippen molar-refractivity contribution in [2.24, 2.45) is 0 Å². The van der Waals surface area contributed by atoms with E-state index in [0.717, 1.165) is 29.0 Å². The molecule has 1 aliphatic carbocycles. The van der Waals surface area contributed by atoms with Crippen LogP contribution in [-0.2, 0) is 32.3 Å². The molecule has 4 atom stereocenters. The zero-order valence-corrected chi connectivity index (χ0v) is 33.0. The van der Waals surface area contributed by atoms with Crippen molar-refractivity contribution >= 4 is 75.9 Å². The highest BCUT2D eigenvalue weighted by Crippen LogP contribution is 2.41. The van der Waals surface area contributed by atoms with Gasteiger partial charge in [-0.25, -0.2) is 0 Å². The standard InChI is InChI=1S/C39H44Cl2N6O7S/c1-22(36(49)44-24(3)39(52)53)42-35(48)23(2)43-37(50)26-10-8-25(9-11-26)19-54-34-17-29(40)27(16-30(34)41)18-45-21-55-20-33(45)38(51)47-15-14-46(28-12-13-28)31-6-4-5-7-32(31)47/h4-11,16-17,22-24,28,33H,12-15,18-21H2,1-3H3,(H,42,48)(H,43,50)(H,44,49)(H,52,53)/t22-,23-,24-,33+/m1/s1. The van der Waals surface area contributed by atoms with Crippen molar-refractivity contribution in [3.63, 3.8) is 0 Å². The number of para-hydroxylation sites is 2. The Morgan fingerprint density at radius 3 is 2.18 bits per heavy atom. The molecule has 13 nitrogen and oxygen atoms in total. The number of hydrogen-bond acceptors (Lipinski definition) is 9. The number of hydrogen-bond donors (Lipinski definition) is 4. The van der Waals surface area contributed by atoms with E-state index in [-0.39, 0.29) is 18.6 Å². The van der Waals surface area contributed by atoms with Gasteiger partial charge in [0, 0.05) is 54.0 Å². The van der Waals surface area contributed by atoms with Crippen molar-refractivity contribution in [1.29, 1.82) is 0 Å². The van der Waals surface area contributed by atoms with Gasteiger partial charge in [0.15, 0.2) is 0 Å². The Balaban J connectivity index is 1.00. The Kier molecular flexibility index (Phi) is 12.8. The molecule has 1 saturated heterocycles. The molecular weight excluding hydrogens is 767 g/mol. The molecule has 0 unspecified atom stereocenters. The predicted octanol–water partition coefficient (Wildman–Crippen LogP) is 4.68. The molecule has 16 heteroatoms. The molecule has 55 heavy (non-hydrogen) atoms. The lowest BCUT2D eigenvalue weighted by atomic mass is 10.1. The summed E-state index contributed by atoms with van der Waals surface area (Å²) in [6.07, 6.45) is 2.40. The molecule has 0 bridgehead atoms. The summed E-state index contributed by atoms with van der Waals surface area (Å²) in [5.41, 5.74) is 3.96. The van der Waals surface area contributed by atoms with Crippen LogP contribution in [0.25, 0.3) is 0 Å². The predicted molar refractivity (Wildman–Crippen MR) is 213 cm³/mol. The first-order valence-electron chi connectivity index (χ1n) is 18.1. The van der Waals surface area contributed by atoms with E-state index < -0.39 is 41.8 Å². The molecule has 2 aliphatic heterocycles. The minimum absolute atomic E-state index is 0.0973. The monoisotopic (exact) mass is 810 g/mol. The average Bonchev–Trinajstić information content (AvgIpc) is 3.91. The number of carbonyl (C=O) groups excluding carboxylic acids is 4. The third-order valence-electron chi connectivity index (χ3n) is 9.87. The van der Waals surface area contributed by atoms with E-state index in [9.17, 15) is 24.0 Å². The van der Waals surface area contributed by atoms with Crippen molar-refractivity contribution in [1.82, 2.24) is 20.9 Å². The first-order valence-corrected chi connectivity index (χ1v) is 20.0. The third kappa shape index (κ3) is 9.66. The van der Waals surface area contributed by atoms with Crippen LogP contribution in [0.4, 0.5) is 11.4 Å². The van der Waals surface area contributed by atoms with Crippen molar-refractivity contribution < 1.29 is 33.8 Å². The summed E-state index contributed by atoms with van der Waals surface area (Å²) in [5, 5.41) is 17.2. The van der Waals surface area contributed by atoms with Gasteiger partial charge in [-0.1, -0.05) is 47.5 Å². The topological polar surface area (TPSA) is 161 Å². The van der Waals surface area contributed by atoms with Gasteiger partial charge in [0.25, 0.3) is 5.91 Å².